The Kier molecular flexibility index (Phi) is 4.74. The summed E-state index contributed by atoms with van der Waals surface area (Å²) in [6.07, 6.45) is -0.663. The first-order valence-electron chi connectivity index (χ1n) is 6.43. The highest BCUT2D eigenvalue weighted by atomic mass is 19.1. The molecule has 106 valence electrons. The van der Waals surface area contributed by atoms with E-state index in [-0.39, 0.29) is 17.8 Å². The van der Waals surface area contributed by atoms with Gasteiger partial charge in [-0.05, 0) is 12.1 Å². The summed E-state index contributed by atoms with van der Waals surface area (Å²) in [6.45, 7) is 4.92. The molecule has 1 atom stereocenters. The largest absolute Gasteiger partial charge is 0.488 e. The molecule has 5 heteroatoms. The molecule has 1 saturated heterocycles. The monoisotopic (exact) mass is 269 g/mol. The molecule has 1 aromatic carbocycles. The van der Waals surface area contributed by atoms with Gasteiger partial charge in [0.25, 0.3) is 0 Å². The van der Waals surface area contributed by atoms with Gasteiger partial charge in [-0.1, -0.05) is 19.1 Å². The van der Waals surface area contributed by atoms with Crippen molar-refractivity contribution < 1.29 is 19.0 Å². The van der Waals surface area contributed by atoms with Crippen molar-refractivity contribution in [2.75, 3.05) is 32.9 Å². The molecular formula is C14H20FNO3. The van der Waals surface area contributed by atoms with Crippen molar-refractivity contribution in [3.8, 4) is 5.75 Å². The molecule has 1 heterocycles. The van der Waals surface area contributed by atoms with Crippen LogP contribution in [0.25, 0.3) is 0 Å². The normalized spacial score (nSPS) is 18.7. The van der Waals surface area contributed by atoms with E-state index in [1.165, 1.54) is 6.07 Å². The number of rotatable bonds is 7. The zero-order valence-corrected chi connectivity index (χ0v) is 11.1. The van der Waals surface area contributed by atoms with Crippen LogP contribution in [0.2, 0.25) is 0 Å². The van der Waals surface area contributed by atoms with E-state index in [9.17, 15) is 9.50 Å². The molecule has 19 heavy (non-hydrogen) atoms. The summed E-state index contributed by atoms with van der Waals surface area (Å²) in [5, 5.41) is 12.9. The lowest BCUT2D eigenvalue weighted by atomic mass is 9.89. The highest BCUT2D eigenvalue weighted by Gasteiger charge is 2.32. The molecule has 0 aromatic heterocycles. The standard InChI is InChI=1S/C14H20FNO3/c1-14(9-18-10-14)8-16-6-11(17)7-19-13-5-3-2-4-12(13)15/h2-5,11,16-17H,6-10H2,1H3. The average Bonchev–Trinajstić information content (AvgIpc) is 2.36. The van der Waals surface area contributed by atoms with E-state index in [0.717, 1.165) is 19.8 Å². The molecule has 1 fully saturated rings. The van der Waals surface area contributed by atoms with E-state index in [1.54, 1.807) is 18.2 Å². The Balaban J connectivity index is 1.64. The van der Waals surface area contributed by atoms with E-state index in [4.69, 9.17) is 9.47 Å². The molecule has 1 aliphatic heterocycles. The van der Waals surface area contributed by atoms with Gasteiger partial charge in [0, 0.05) is 18.5 Å². The summed E-state index contributed by atoms with van der Waals surface area (Å²) in [5.74, 6) is -0.248. The van der Waals surface area contributed by atoms with Crippen molar-refractivity contribution in [3.63, 3.8) is 0 Å². The van der Waals surface area contributed by atoms with E-state index in [0.29, 0.717) is 6.54 Å². The van der Waals surface area contributed by atoms with Crippen molar-refractivity contribution in [1.82, 2.24) is 5.32 Å². The van der Waals surface area contributed by atoms with E-state index in [2.05, 4.69) is 12.2 Å². The zero-order chi connectivity index (χ0) is 13.7. The molecule has 0 amide bonds. The summed E-state index contributed by atoms with van der Waals surface area (Å²) in [6, 6.07) is 6.17. The smallest absolute Gasteiger partial charge is 0.165 e. The predicted molar refractivity (Wildman–Crippen MR) is 69.7 cm³/mol. The molecule has 0 bridgehead atoms. The SMILES string of the molecule is CC1(CNCC(O)COc2ccccc2F)COC1. The van der Waals surface area contributed by atoms with Crippen LogP contribution in [0.15, 0.2) is 24.3 Å². The van der Waals surface area contributed by atoms with Crippen molar-refractivity contribution in [2.45, 2.75) is 13.0 Å². The fourth-order valence-electron chi connectivity index (χ4n) is 1.90. The number of ether oxygens (including phenoxy) is 2. The van der Waals surface area contributed by atoms with Gasteiger partial charge in [-0.3, -0.25) is 0 Å². The van der Waals surface area contributed by atoms with Crippen molar-refractivity contribution >= 4 is 0 Å². The van der Waals surface area contributed by atoms with Crippen LogP contribution in [-0.4, -0.2) is 44.1 Å². The lowest BCUT2D eigenvalue weighted by Gasteiger charge is -2.38. The molecule has 4 nitrogen and oxygen atoms in total. The molecule has 0 aliphatic carbocycles. The predicted octanol–water partition coefficient (Wildman–Crippen LogP) is 1.19. The number of nitrogens with one attached hydrogen (secondary N) is 1. The molecule has 1 aliphatic rings. The topological polar surface area (TPSA) is 50.7 Å². The number of hydrogen-bond donors (Lipinski definition) is 2. The van der Waals surface area contributed by atoms with Crippen LogP contribution in [0.1, 0.15) is 6.92 Å². The fourth-order valence-corrected chi connectivity index (χ4v) is 1.90. The molecule has 1 aromatic rings. The van der Waals surface area contributed by atoms with E-state index in [1.807, 2.05) is 0 Å². The number of aliphatic hydroxyl groups excluding tert-OH is 1. The van der Waals surface area contributed by atoms with Crippen molar-refractivity contribution in [1.29, 1.82) is 0 Å². The maximum atomic E-state index is 13.3. The average molecular weight is 269 g/mol. The highest BCUT2D eigenvalue weighted by Crippen LogP contribution is 2.24. The maximum Gasteiger partial charge on any atom is 0.165 e. The number of hydrogen-bond acceptors (Lipinski definition) is 4. The number of benzene rings is 1. The molecule has 0 radical (unpaired) electrons. The fraction of sp³-hybridized carbons (Fsp3) is 0.571. The van der Waals surface area contributed by atoms with Crippen LogP contribution >= 0.6 is 0 Å². The molecule has 2 N–H and O–H groups in total. The second-order valence-corrected chi connectivity index (χ2v) is 5.33. The van der Waals surface area contributed by atoms with Crippen LogP contribution in [0.3, 0.4) is 0 Å². The lowest BCUT2D eigenvalue weighted by Crippen LogP contribution is -2.48. The second kappa shape index (κ2) is 6.32. The minimum atomic E-state index is -0.663. The first-order valence-corrected chi connectivity index (χ1v) is 6.43. The van der Waals surface area contributed by atoms with Gasteiger partial charge in [-0.2, -0.15) is 0 Å². The summed E-state index contributed by atoms with van der Waals surface area (Å²) in [7, 11) is 0. The third-order valence-corrected chi connectivity index (χ3v) is 3.10. The Labute approximate surface area is 112 Å². The quantitative estimate of drug-likeness (QED) is 0.781. The Morgan fingerprint density at radius 3 is 2.84 bits per heavy atom. The van der Waals surface area contributed by atoms with Gasteiger partial charge < -0.3 is 19.9 Å². The number of para-hydroxylation sites is 1. The van der Waals surface area contributed by atoms with Crippen molar-refractivity contribution in [2.24, 2.45) is 5.41 Å². The van der Waals surface area contributed by atoms with Crippen LogP contribution in [-0.2, 0) is 4.74 Å². The van der Waals surface area contributed by atoms with Crippen LogP contribution in [0, 0.1) is 11.2 Å². The zero-order valence-electron chi connectivity index (χ0n) is 11.1. The summed E-state index contributed by atoms with van der Waals surface area (Å²) < 4.78 is 23.6. The molecule has 0 saturated carbocycles. The van der Waals surface area contributed by atoms with Gasteiger partial charge >= 0.3 is 0 Å². The van der Waals surface area contributed by atoms with Gasteiger partial charge in [-0.15, -0.1) is 0 Å². The Hall–Kier alpha value is -1.17. The van der Waals surface area contributed by atoms with Gasteiger partial charge in [0.05, 0.1) is 13.2 Å². The summed E-state index contributed by atoms with van der Waals surface area (Å²) >= 11 is 0. The lowest BCUT2D eigenvalue weighted by molar-refractivity contribution is -0.0997. The summed E-state index contributed by atoms with van der Waals surface area (Å²) in [5.41, 5.74) is 0.173. The Morgan fingerprint density at radius 1 is 1.47 bits per heavy atom. The van der Waals surface area contributed by atoms with Gasteiger partial charge in [0.1, 0.15) is 12.7 Å². The molecule has 1 unspecified atom stereocenters. The molecule has 2 rings (SSSR count). The van der Waals surface area contributed by atoms with Crippen molar-refractivity contribution in [3.05, 3.63) is 30.1 Å². The third kappa shape index (κ3) is 4.16. The maximum absolute atomic E-state index is 13.3. The van der Waals surface area contributed by atoms with Gasteiger partial charge in [0.15, 0.2) is 11.6 Å². The van der Waals surface area contributed by atoms with E-state index < -0.39 is 11.9 Å². The Morgan fingerprint density at radius 2 is 2.21 bits per heavy atom. The van der Waals surface area contributed by atoms with Crippen LogP contribution in [0.5, 0.6) is 5.75 Å². The number of aliphatic hydroxyl groups is 1. The molecule has 0 spiro atoms. The summed E-state index contributed by atoms with van der Waals surface area (Å²) in [4.78, 5) is 0. The minimum Gasteiger partial charge on any atom is -0.488 e. The Bertz CT molecular complexity index is 409. The second-order valence-electron chi connectivity index (χ2n) is 5.33. The van der Waals surface area contributed by atoms with Gasteiger partial charge in [-0.25, -0.2) is 4.39 Å². The van der Waals surface area contributed by atoms with Gasteiger partial charge in [0.2, 0.25) is 0 Å². The highest BCUT2D eigenvalue weighted by molar-refractivity contribution is 5.23. The van der Waals surface area contributed by atoms with Crippen LogP contribution in [0.4, 0.5) is 4.39 Å². The van der Waals surface area contributed by atoms with Crippen LogP contribution < -0.4 is 10.1 Å². The first-order chi connectivity index (χ1) is 9.09. The van der Waals surface area contributed by atoms with E-state index >= 15 is 0 Å². The third-order valence-electron chi connectivity index (χ3n) is 3.10. The first kappa shape index (κ1) is 14.2. The number of halogens is 1. The molecular weight excluding hydrogens is 249 g/mol. The minimum absolute atomic E-state index is 0.0706.